The van der Waals surface area contributed by atoms with Gasteiger partial charge in [0.25, 0.3) is 5.69 Å². The van der Waals surface area contributed by atoms with Crippen molar-refractivity contribution >= 4 is 5.69 Å². The highest BCUT2D eigenvalue weighted by molar-refractivity contribution is 5.53. The van der Waals surface area contributed by atoms with Crippen molar-refractivity contribution in [3.63, 3.8) is 0 Å². The Labute approximate surface area is 95.1 Å². The SMILES string of the molecule is Cc1cc([N+](=O)[O-])c(C(C)CO)c(C)c1C. The molecule has 0 saturated heterocycles. The monoisotopic (exact) mass is 223 g/mol. The summed E-state index contributed by atoms with van der Waals surface area (Å²) in [5.41, 5.74) is 3.64. The van der Waals surface area contributed by atoms with Crippen LogP contribution in [0.25, 0.3) is 0 Å². The van der Waals surface area contributed by atoms with Gasteiger partial charge in [0.05, 0.1) is 4.92 Å². The molecule has 0 spiro atoms. The van der Waals surface area contributed by atoms with Crippen molar-refractivity contribution in [2.24, 2.45) is 0 Å². The summed E-state index contributed by atoms with van der Waals surface area (Å²) in [4.78, 5) is 10.6. The van der Waals surface area contributed by atoms with Crippen LogP contribution in [0.5, 0.6) is 0 Å². The van der Waals surface area contributed by atoms with Crippen molar-refractivity contribution in [2.75, 3.05) is 6.61 Å². The summed E-state index contributed by atoms with van der Waals surface area (Å²) in [7, 11) is 0. The summed E-state index contributed by atoms with van der Waals surface area (Å²) in [6.07, 6.45) is 0. The van der Waals surface area contributed by atoms with Crippen LogP contribution >= 0.6 is 0 Å². The topological polar surface area (TPSA) is 63.4 Å². The Hall–Kier alpha value is -1.42. The zero-order valence-electron chi connectivity index (χ0n) is 10.1. The van der Waals surface area contributed by atoms with Crippen LogP contribution in [0.2, 0.25) is 0 Å². The maximum atomic E-state index is 11.0. The van der Waals surface area contributed by atoms with Gasteiger partial charge >= 0.3 is 0 Å². The van der Waals surface area contributed by atoms with Crippen molar-refractivity contribution in [2.45, 2.75) is 33.6 Å². The standard InChI is InChI=1S/C12H17NO3/c1-7-5-11(13(15)16)12(8(2)6-14)10(4)9(7)3/h5,8,14H,6H2,1-4H3. The minimum Gasteiger partial charge on any atom is -0.396 e. The van der Waals surface area contributed by atoms with Gasteiger partial charge in [0.1, 0.15) is 0 Å². The van der Waals surface area contributed by atoms with Crippen LogP contribution in [-0.4, -0.2) is 16.6 Å². The van der Waals surface area contributed by atoms with Crippen molar-refractivity contribution in [1.82, 2.24) is 0 Å². The van der Waals surface area contributed by atoms with E-state index in [1.807, 2.05) is 20.8 Å². The number of nitrogens with zero attached hydrogens (tertiary/aromatic N) is 1. The van der Waals surface area contributed by atoms with Gasteiger partial charge in [-0.1, -0.05) is 6.92 Å². The molecule has 1 rings (SSSR count). The molecule has 88 valence electrons. The molecule has 0 saturated carbocycles. The van der Waals surface area contributed by atoms with Gasteiger partial charge < -0.3 is 5.11 Å². The Balaban J connectivity index is 3.54. The molecule has 0 aliphatic heterocycles. The zero-order chi connectivity index (χ0) is 12.5. The minimum absolute atomic E-state index is 0.0792. The normalized spacial score (nSPS) is 12.6. The lowest BCUT2D eigenvalue weighted by Gasteiger charge is -2.16. The minimum atomic E-state index is -0.374. The molecule has 0 heterocycles. The highest BCUT2D eigenvalue weighted by atomic mass is 16.6. The van der Waals surface area contributed by atoms with E-state index in [0.29, 0.717) is 5.56 Å². The number of aliphatic hydroxyl groups is 1. The van der Waals surface area contributed by atoms with E-state index in [0.717, 1.165) is 16.7 Å². The van der Waals surface area contributed by atoms with Gasteiger partial charge in [0, 0.05) is 24.2 Å². The van der Waals surface area contributed by atoms with Gasteiger partial charge in [-0.3, -0.25) is 10.1 Å². The average Bonchev–Trinajstić information content (AvgIpc) is 2.24. The third-order valence-corrected chi connectivity index (χ3v) is 3.15. The summed E-state index contributed by atoms with van der Waals surface area (Å²) in [6.45, 7) is 7.40. The average molecular weight is 223 g/mol. The third-order valence-electron chi connectivity index (χ3n) is 3.15. The van der Waals surface area contributed by atoms with Crippen LogP contribution in [0, 0.1) is 30.9 Å². The van der Waals surface area contributed by atoms with Gasteiger partial charge in [-0.25, -0.2) is 0 Å². The third kappa shape index (κ3) is 2.07. The maximum absolute atomic E-state index is 11.0. The van der Waals surface area contributed by atoms with Crippen LogP contribution in [0.1, 0.15) is 35.1 Å². The lowest BCUT2D eigenvalue weighted by atomic mass is 9.90. The summed E-state index contributed by atoms with van der Waals surface area (Å²) in [5.74, 6) is -0.209. The first kappa shape index (κ1) is 12.6. The Kier molecular flexibility index (Phi) is 3.65. The van der Waals surface area contributed by atoms with E-state index < -0.39 is 0 Å². The fourth-order valence-corrected chi connectivity index (χ4v) is 1.95. The number of hydrogen-bond donors (Lipinski definition) is 1. The number of aryl methyl sites for hydroxylation is 1. The first-order valence-electron chi connectivity index (χ1n) is 5.26. The number of aliphatic hydroxyl groups excluding tert-OH is 1. The van der Waals surface area contributed by atoms with Crippen LogP contribution < -0.4 is 0 Å². The quantitative estimate of drug-likeness (QED) is 0.632. The van der Waals surface area contributed by atoms with Gasteiger partial charge in [-0.15, -0.1) is 0 Å². The van der Waals surface area contributed by atoms with Crippen LogP contribution in [0.4, 0.5) is 5.69 Å². The fraction of sp³-hybridized carbons (Fsp3) is 0.500. The number of hydrogen-bond acceptors (Lipinski definition) is 3. The summed E-state index contributed by atoms with van der Waals surface area (Å²) >= 11 is 0. The summed E-state index contributed by atoms with van der Waals surface area (Å²) in [5, 5.41) is 20.1. The van der Waals surface area contributed by atoms with E-state index in [9.17, 15) is 10.1 Å². The van der Waals surface area contributed by atoms with Crippen LogP contribution in [-0.2, 0) is 0 Å². The molecule has 0 fully saturated rings. The number of nitro benzene ring substituents is 1. The summed E-state index contributed by atoms with van der Waals surface area (Å²) < 4.78 is 0. The molecule has 4 nitrogen and oxygen atoms in total. The molecule has 0 aliphatic carbocycles. The Bertz CT molecular complexity index is 427. The molecular formula is C12H17NO3. The predicted molar refractivity (Wildman–Crippen MR) is 62.8 cm³/mol. The number of benzene rings is 1. The van der Waals surface area contributed by atoms with E-state index in [1.54, 1.807) is 13.0 Å². The van der Waals surface area contributed by atoms with E-state index >= 15 is 0 Å². The first-order valence-corrected chi connectivity index (χ1v) is 5.26. The van der Waals surface area contributed by atoms with Crippen molar-refractivity contribution in [3.8, 4) is 0 Å². The highest BCUT2D eigenvalue weighted by Crippen LogP contribution is 2.33. The molecule has 0 aliphatic rings. The lowest BCUT2D eigenvalue weighted by molar-refractivity contribution is -0.385. The lowest BCUT2D eigenvalue weighted by Crippen LogP contribution is -2.08. The molecule has 0 aromatic heterocycles. The van der Waals surface area contributed by atoms with Crippen LogP contribution in [0.15, 0.2) is 6.07 Å². The molecule has 1 N–H and O–H groups in total. The molecular weight excluding hydrogens is 206 g/mol. The van der Waals surface area contributed by atoms with Gasteiger partial charge in [-0.05, 0) is 37.5 Å². The van der Waals surface area contributed by atoms with Gasteiger partial charge in [-0.2, -0.15) is 0 Å². The van der Waals surface area contributed by atoms with E-state index in [4.69, 9.17) is 5.11 Å². The molecule has 0 bridgehead atoms. The van der Waals surface area contributed by atoms with Crippen molar-refractivity contribution in [1.29, 1.82) is 0 Å². The highest BCUT2D eigenvalue weighted by Gasteiger charge is 2.23. The Morgan fingerprint density at radius 3 is 2.38 bits per heavy atom. The van der Waals surface area contributed by atoms with Gasteiger partial charge in [0.2, 0.25) is 0 Å². The van der Waals surface area contributed by atoms with Crippen molar-refractivity contribution in [3.05, 3.63) is 38.4 Å². The van der Waals surface area contributed by atoms with Crippen molar-refractivity contribution < 1.29 is 10.0 Å². The molecule has 0 radical (unpaired) electrons. The second kappa shape index (κ2) is 4.61. The second-order valence-electron chi connectivity index (χ2n) is 4.22. The second-order valence-corrected chi connectivity index (χ2v) is 4.22. The van der Waals surface area contributed by atoms with Crippen LogP contribution in [0.3, 0.4) is 0 Å². The zero-order valence-corrected chi connectivity index (χ0v) is 10.1. The molecule has 16 heavy (non-hydrogen) atoms. The Morgan fingerprint density at radius 2 is 1.94 bits per heavy atom. The maximum Gasteiger partial charge on any atom is 0.273 e. The molecule has 1 aromatic rings. The number of rotatable bonds is 3. The molecule has 1 atom stereocenters. The largest absolute Gasteiger partial charge is 0.396 e. The molecule has 0 amide bonds. The van der Waals surface area contributed by atoms with E-state index in [-0.39, 0.29) is 23.1 Å². The van der Waals surface area contributed by atoms with E-state index in [2.05, 4.69) is 0 Å². The van der Waals surface area contributed by atoms with Gasteiger partial charge in [0.15, 0.2) is 0 Å². The molecule has 1 unspecified atom stereocenters. The van der Waals surface area contributed by atoms with E-state index in [1.165, 1.54) is 0 Å². The fourth-order valence-electron chi connectivity index (χ4n) is 1.95. The number of nitro groups is 1. The smallest absolute Gasteiger partial charge is 0.273 e. The molecule has 4 heteroatoms. The molecule has 1 aromatic carbocycles. The first-order chi connectivity index (χ1) is 7.40. The summed E-state index contributed by atoms with van der Waals surface area (Å²) in [6, 6.07) is 1.59. The predicted octanol–water partition coefficient (Wildman–Crippen LogP) is 2.62. The Morgan fingerprint density at radius 1 is 1.38 bits per heavy atom.